The van der Waals surface area contributed by atoms with E-state index in [-0.39, 0.29) is 34.7 Å². The molecule has 3 N–H and O–H groups in total. The van der Waals surface area contributed by atoms with E-state index in [1.807, 2.05) is 19.9 Å². The molecule has 2 aliphatic rings. The Balaban J connectivity index is 1.85. The fourth-order valence-electron chi connectivity index (χ4n) is 6.22. The third kappa shape index (κ3) is 3.86. The van der Waals surface area contributed by atoms with Crippen molar-refractivity contribution in [3.63, 3.8) is 0 Å². The molecule has 2 amide bonds. The summed E-state index contributed by atoms with van der Waals surface area (Å²) in [4.78, 5) is 27.0. The predicted molar refractivity (Wildman–Crippen MR) is 132 cm³/mol. The van der Waals surface area contributed by atoms with Crippen molar-refractivity contribution in [3.05, 3.63) is 57.1 Å². The van der Waals surface area contributed by atoms with E-state index in [0.29, 0.717) is 23.1 Å². The number of phenols is 2. The molecule has 1 fully saturated rings. The lowest BCUT2D eigenvalue weighted by Crippen LogP contribution is -2.58. The predicted octanol–water partition coefficient (Wildman–Crippen LogP) is 5.95. The summed E-state index contributed by atoms with van der Waals surface area (Å²) in [6.45, 7) is 8.27. The molecule has 5 nitrogen and oxygen atoms in total. The van der Waals surface area contributed by atoms with Crippen LogP contribution in [0.25, 0.3) is 0 Å². The molecule has 0 saturated heterocycles. The number of amides is 2. The highest BCUT2D eigenvalue weighted by Gasteiger charge is 2.58. The number of phenolic OH excluding ortho intramolecular Hbond substituents is 2. The van der Waals surface area contributed by atoms with Crippen molar-refractivity contribution in [2.24, 2.45) is 11.3 Å². The van der Waals surface area contributed by atoms with Crippen molar-refractivity contribution >= 4 is 27.7 Å². The average molecular weight is 514 g/mol. The Morgan fingerprint density at radius 1 is 1.09 bits per heavy atom. The standard InChI is InChI=1S/C27H32BrNO4/c1-15(2)19-14-17-8-11-20-26(3,4)12-5-13-27(20,21(17)23(31)22(19)30)25(33)29-24(32)16-6-9-18(28)10-7-16/h6-7,9-10,14-15,20,30-31H,5,8,11-13H2,1-4H3,(H,29,32,33)/t20-,27+/m0/s1. The highest BCUT2D eigenvalue weighted by atomic mass is 79.9. The number of carbonyl (C=O) groups excluding carboxylic acids is 2. The van der Waals surface area contributed by atoms with E-state index in [1.165, 1.54) is 0 Å². The number of carbonyl (C=O) groups is 2. The van der Waals surface area contributed by atoms with Crippen molar-refractivity contribution in [1.82, 2.24) is 5.32 Å². The fraction of sp³-hybridized carbons (Fsp3) is 0.481. The van der Waals surface area contributed by atoms with E-state index in [4.69, 9.17) is 0 Å². The van der Waals surface area contributed by atoms with Gasteiger partial charge in [-0.25, -0.2) is 0 Å². The van der Waals surface area contributed by atoms with Crippen molar-refractivity contribution in [1.29, 1.82) is 0 Å². The molecule has 2 aliphatic carbocycles. The second-order valence-corrected chi connectivity index (χ2v) is 11.5. The summed E-state index contributed by atoms with van der Waals surface area (Å²) < 4.78 is 0.848. The van der Waals surface area contributed by atoms with Crippen LogP contribution in [0, 0.1) is 11.3 Å². The van der Waals surface area contributed by atoms with Crippen LogP contribution in [0.1, 0.15) is 86.3 Å². The molecule has 0 heterocycles. The van der Waals surface area contributed by atoms with Gasteiger partial charge in [0.05, 0.1) is 5.41 Å². The summed E-state index contributed by atoms with van der Waals surface area (Å²) in [6.07, 6.45) is 3.82. The maximum absolute atomic E-state index is 14.0. The molecule has 1 saturated carbocycles. The summed E-state index contributed by atoms with van der Waals surface area (Å²) in [5.41, 5.74) is 1.27. The number of hydrogen-bond acceptors (Lipinski definition) is 4. The van der Waals surface area contributed by atoms with Gasteiger partial charge in [-0.2, -0.15) is 0 Å². The number of benzene rings is 2. The highest BCUT2D eigenvalue weighted by Crippen LogP contribution is 2.60. The molecule has 0 radical (unpaired) electrons. The molecule has 0 aliphatic heterocycles. The molecule has 176 valence electrons. The van der Waals surface area contributed by atoms with Crippen molar-refractivity contribution in [2.45, 2.75) is 71.1 Å². The third-order valence-electron chi connectivity index (χ3n) is 7.82. The first-order chi connectivity index (χ1) is 15.5. The van der Waals surface area contributed by atoms with Crippen LogP contribution >= 0.6 is 15.9 Å². The van der Waals surface area contributed by atoms with E-state index in [0.717, 1.165) is 35.7 Å². The summed E-state index contributed by atoms with van der Waals surface area (Å²) in [5.74, 6) is -1.23. The van der Waals surface area contributed by atoms with Gasteiger partial charge in [-0.1, -0.05) is 56.1 Å². The van der Waals surface area contributed by atoms with Gasteiger partial charge < -0.3 is 10.2 Å². The molecule has 2 atom stereocenters. The highest BCUT2D eigenvalue weighted by molar-refractivity contribution is 9.10. The zero-order valence-corrected chi connectivity index (χ0v) is 21.3. The molecule has 4 rings (SSSR count). The lowest BCUT2D eigenvalue weighted by Gasteiger charge is -2.54. The minimum atomic E-state index is -1.07. The zero-order valence-electron chi connectivity index (χ0n) is 19.7. The molecule has 2 aromatic carbocycles. The van der Waals surface area contributed by atoms with Gasteiger partial charge >= 0.3 is 0 Å². The van der Waals surface area contributed by atoms with Crippen molar-refractivity contribution < 1.29 is 19.8 Å². The Hall–Kier alpha value is -2.34. The van der Waals surface area contributed by atoms with Crippen LogP contribution in [-0.2, 0) is 16.6 Å². The second-order valence-electron chi connectivity index (χ2n) is 10.5. The largest absolute Gasteiger partial charge is 0.504 e. The minimum Gasteiger partial charge on any atom is -0.504 e. The summed E-state index contributed by atoms with van der Waals surface area (Å²) in [6, 6.07) is 8.80. The van der Waals surface area contributed by atoms with Crippen LogP contribution in [0.15, 0.2) is 34.8 Å². The van der Waals surface area contributed by atoms with Gasteiger partial charge in [-0.3, -0.25) is 14.9 Å². The number of aromatic hydroxyl groups is 2. The molecular weight excluding hydrogens is 482 g/mol. The smallest absolute Gasteiger partial charge is 0.257 e. The summed E-state index contributed by atoms with van der Waals surface area (Å²) in [7, 11) is 0. The van der Waals surface area contributed by atoms with Gasteiger partial charge in [0, 0.05) is 21.2 Å². The number of imide groups is 1. The molecule has 0 spiro atoms. The first kappa shape index (κ1) is 23.8. The summed E-state index contributed by atoms with van der Waals surface area (Å²) >= 11 is 3.36. The Morgan fingerprint density at radius 2 is 1.76 bits per heavy atom. The first-order valence-corrected chi connectivity index (χ1v) is 12.5. The fourth-order valence-corrected chi connectivity index (χ4v) is 6.48. The van der Waals surface area contributed by atoms with E-state index >= 15 is 0 Å². The third-order valence-corrected chi connectivity index (χ3v) is 8.35. The van der Waals surface area contributed by atoms with Gasteiger partial charge in [0.15, 0.2) is 11.5 Å². The Bertz CT molecular complexity index is 1110. The van der Waals surface area contributed by atoms with Crippen LogP contribution in [-0.4, -0.2) is 22.0 Å². The van der Waals surface area contributed by atoms with Gasteiger partial charge in [0.25, 0.3) is 5.91 Å². The average Bonchev–Trinajstić information content (AvgIpc) is 2.75. The van der Waals surface area contributed by atoms with Crippen LogP contribution < -0.4 is 5.32 Å². The molecule has 33 heavy (non-hydrogen) atoms. The Kier molecular flexibility index (Phi) is 6.10. The molecule has 6 heteroatoms. The van der Waals surface area contributed by atoms with Gasteiger partial charge in [0.1, 0.15) is 0 Å². The van der Waals surface area contributed by atoms with Crippen LogP contribution in [0.4, 0.5) is 0 Å². The van der Waals surface area contributed by atoms with E-state index in [1.54, 1.807) is 24.3 Å². The zero-order chi connectivity index (χ0) is 24.1. The molecule has 2 aromatic rings. The Labute approximate surface area is 203 Å². The van der Waals surface area contributed by atoms with Crippen LogP contribution in [0.5, 0.6) is 11.5 Å². The van der Waals surface area contributed by atoms with Gasteiger partial charge in [0.2, 0.25) is 5.91 Å². The quantitative estimate of drug-likeness (QED) is 0.349. The maximum Gasteiger partial charge on any atom is 0.257 e. The van der Waals surface area contributed by atoms with Crippen LogP contribution in [0.2, 0.25) is 0 Å². The van der Waals surface area contributed by atoms with E-state index < -0.39 is 11.3 Å². The van der Waals surface area contributed by atoms with Gasteiger partial charge in [-0.15, -0.1) is 0 Å². The minimum absolute atomic E-state index is 0.0329. The lowest BCUT2D eigenvalue weighted by molar-refractivity contribution is -0.134. The van der Waals surface area contributed by atoms with E-state index in [2.05, 4.69) is 35.1 Å². The maximum atomic E-state index is 14.0. The first-order valence-electron chi connectivity index (χ1n) is 11.7. The molecule has 0 aromatic heterocycles. The number of rotatable bonds is 3. The number of fused-ring (bicyclic) bond motifs is 3. The lowest BCUT2D eigenvalue weighted by atomic mass is 9.49. The molecule has 0 unspecified atom stereocenters. The van der Waals surface area contributed by atoms with Crippen molar-refractivity contribution in [2.75, 3.05) is 0 Å². The second kappa shape index (κ2) is 8.46. The monoisotopic (exact) mass is 513 g/mol. The normalized spacial score (nSPS) is 23.5. The number of aryl methyl sites for hydroxylation is 1. The van der Waals surface area contributed by atoms with E-state index in [9.17, 15) is 19.8 Å². The number of hydrogen-bond donors (Lipinski definition) is 3. The molecule has 0 bridgehead atoms. The number of halogens is 1. The topological polar surface area (TPSA) is 86.6 Å². The van der Waals surface area contributed by atoms with Gasteiger partial charge in [-0.05, 0) is 72.8 Å². The Morgan fingerprint density at radius 3 is 2.39 bits per heavy atom. The van der Waals surface area contributed by atoms with Crippen LogP contribution in [0.3, 0.4) is 0 Å². The molecular formula is C27H32BrNO4. The summed E-state index contributed by atoms with van der Waals surface area (Å²) in [5, 5.41) is 24.8. The SMILES string of the molecule is CC(C)c1cc2c(c(O)c1O)[C@@]1(C(=O)NC(=O)c3ccc(Br)cc3)CCCC(C)(C)[C@@H]1CC2. The number of nitrogens with one attached hydrogen (secondary N) is 1. The van der Waals surface area contributed by atoms with Crippen molar-refractivity contribution in [3.8, 4) is 11.5 Å².